The zero-order chi connectivity index (χ0) is 18.6. The van der Waals surface area contributed by atoms with Crippen LogP contribution in [-0.4, -0.2) is 23.3 Å². The number of hydrogen-bond donors (Lipinski definition) is 1. The van der Waals surface area contributed by atoms with Crippen LogP contribution in [0.25, 0.3) is 0 Å². The summed E-state index contributed by atoms with van der Waals surface area (Å²) in [5.41, 5.74) is 2.43. The summed E-state index contributed by atoms with van der Waals surface area (Å²) in [7, 11) is 0. The Hall–Kier alpha value is -2.62. The van der Waals surface area contributed by atoms with Crippen LogP contribution in [0.4, 0.5) is 0 Å². The average Bonchev–Trinajstić information content (AvgIpc) is 3.46. The molecule has 1 fully saturated rings. The van der Waals surface area contributed by atoms with E-state index in [-0.39, 0.29) is 11.8 Å². The second kappa shape index (κ2) is 7.73. The molecule has 136 valence electrons. The van der Waals surface area contributed by atoms with E-state index in [1.54, 1.807) is 4.90 Å². The van der Waals surface area contributed by atoms with Gasteiger partial charge >= 0.3 is 0 Å². The summed E-state index contributed by atoms with van der Waals surface area (Å²) < 4.78 is 0. The van der Waals surface area contributed by atoms with Crippen molar-refractivity contribution in [3.63, 3.8) is 0 Å². The van der Waals surface area contributed by atoms with Gasteiger partial charge in [-0.05, 0) is 37.8 Å². The Bertz CT molecular complexity index is 782. The molecule has 4 heteroatoms. The van der Waals surface area contributed by atoms with Crippen LogP contribution >= 0.6 is 0 Å². The lowest BCUT2D eigenvalue weighted by Gasteiger charge is -2.26. The van der Waals surface area contributed by atoms with E-state index in [1.165, 1.54) is 0 Å². The lowest BCUT2D eigenvalue weighted by atomic mass is 10.0. The van der Waals surface area contributed by atoms with Gasteiger partial charge in [-0.25, -0.2) is 0 Å². The predicted octanol–water partition coefficient (Wildman–Crippen LogP) is 3.44. The Morgan fingerprint density at radius 3 is 2.35 bits per heavy atom. The van der Waals surface area contributed by atoms with E-state index in [1.807, 2.05) is 62.4 Å². The SMILES string of the molecule is CCN(Cc1ccccc1)C(=O)C1(C(=O)NCc2cccc(C)c2)CC1. The topological polar surface area (TPSA) is 49.4 Å². The van der Waals surface area contributed by atoms with Gasteiger partial charge in [-0.1, -0.05) is 60.2 Å². The molecular formula is C22H26N2O2. The molecule has 0 aromatic heterocycles. The fraction of sp³-hybridized carbons (Fsp3) is 0.364. The molecular weight excluding hydrogens is 324 g/mol. The van der Waals surface area contributed by atoms with E-state index >= 15 is 0 Å². The highest BCUT2D eigenvalue weighted by molar-refractivity contribution is 6.07. The Kier molecular flexibility index (Phi) is 5.40. The molecule has 0 atom stereocenters. The monoisotopic (exact) mass is 350 g/mol. The maximum atomic E-state index is 13.0. The van der Waals surface area contributed by atoms with Crippen LogP contribution in [0.1, 0.15) is 36.5 Å². The van der Waals surface area contributed by atoms with Gasteiger partial charge in [0.2, 0.25) is 11.8 Å². The largest absolute Gasteiger partial charge is 0.351 e. The van der Waals surface area contributed by atoms with E-state index in [9.17, 15) is 9.59 Å². The van der Waals surface area contributed by atoms with Crippen molar-refractivity contribution in [3.8, 4) is 0 Å². The molecule has 1 aliphatic carbocycles. The average molecular weight is 350 g/mol. The van der Waals surface area contributed by atoms with Gasteiger partial charge in [-0.15, -0.1) is 0 Å². The summed E-state index contributed by atoms with van der Waals surface area (Å²) >= 11 is 0. The Morgan fingerprint density at radius 2 is 1.73 bits per heavy atom. The van der Waals surface area contributed by atoms with E-state index < -0.39 is 5.41 Å². The van der Waals surface area contributed by atoms with Crippen LogP contribution in [0.2, 0.25) is 0 Å². The summed E-state index contributed by atoms with van der Waals surface area (Å²) in [5, 5.41) is 2.97. The van der Waals surface area contributed by atoms with Crippen molar-refractivity contribution in [3.05, 3.63) is 71.3 Å². The number of carbonyl (C=O) groups excluding carboxylic acids is 2. The number of carbonyl (C=O) groups is 2. The third kappa shape index (κ3) is 3.96. The van der Waals surface area contributed by atoms with Gasteiger partial charge in [0, 0.05) is 19.6 Å². The summed E-state index contributed by atoms with van der Waals surface area (Å²) in [5.74, 6) is -0.193. The van der Waals surface area contributed by atoms with E-state index in [0.29, 0.717) is 32.5 Å². The number of amides is 2. The first kappa shape index (κ1) is 18.2. The first-order valence-corrected chi connectivity index (χ1v) is 9.22. The molecule has 0 spiro atoms. The molecule has 0 bridgehead atoms. The van der Waals surface area contributed by atoms with Gasteiger partial charge in [-0.3, -0.25) is 9.59 Å². The zero-order valence-electron chi connectivity index (χ0n) is 15.5. The number of rotatable bonds is 7. The lowest BCUT2D eigenvalue weighted by Crippen LogP contribution is -2.44. The minimum absolute atomic E-state index is 0.0504. The van der Waals surface area contributed by atoms with Crippen molar-refractivity contribution in [1.82, 2.24) is 10.2 Å². The van der Waals surface area contributed by atoms with Gasteiger partial charge in [0.05, 0.1) is 0 Å². The molecule has 0 saturated heterocycles. The van der Waals surface area contributed by atoms with Crippen LogP contribution in [-0.2, 0) is 22.7 Å². The van der Waals surface area contributed by atoms with E-state index in [4.69, 9.17) is 0 Å². The minimum atomic E-state index is -0.866. The number of nitrogens with zero attached hydrogens (tertiary/aromatic N) is 1. The summed E-state index contributed by atoms with van der Waals surface area (Å²) in [6, 6.07) is 18.0. The van der Waals surface area contributed by atoms with Gasteiger partial charge in [-0.2, -0.15) is 0 Å². The molecule has 1 aliphatic rings. The van der Waals surface area contributed by atoms with Crippen LogP contribution in [0.15, 0.2) is 54.6 Å². The number of nitrogens with one attached hydrogen (secondary N) is 1. The van der Waals surface area contributed by atoms with E-state index in [0.717, 1.165) is 16.7 Å². The molecule has 2 aromatic carbocycles. The minimum Gasteiger partial charge on any atom is -0.351 e. The molecule has 1 N–H and O–H groups in total. The highest BCUT2D eigenvalue weighted by Crippen LogP contribution is 2.47. The van der Waals surface area contributed by atoms with Crippen LogP contribution in [0.5, 0.6) is 0 Å². The maximum Gasteiger partial charge on any atom is 0.238 e. The number of hydrogen-bond acceptors (Lipinski definition) is 2. The molecule has 4 nitrogen and oxygen atoms in total. The van der Waals surface area contributed by atoms with Crippen LogP contribution in [0, 0.1) is 12.3 Å². The number of benzene rings is 2. The van der Waals surface area contributed by atoms with Crippen LogP contribution in [0.3, 0.4) is 0 Å². The van der Waals surface area contributed by atoms with Crippen molar-refractivity contribution < 1.29 is 9.59 Å². The Morgan fingerprint density at radius 1 is 1.04 bits per heavy atom. The first-order valence-electron chi connectivity index (χ1n) is 9.22. The van der Waals surface area contributed by atoms with Gasteiger partial charge in [0.15, 0.2) is 0 Å². The first-order chi connectivity index (χ1) is 12.5. The van der Waals surface area contributed by atoms with Crippen molar-refractivity contribution in [1.29, 1.82) is 0 Å². The second-order valence-electron chi connectivity index (χ2n) is 7.06. The Labute approximate surface area is 155 Å². The van der Waals surface area contributed by atoms with Crippen molar-refractivity contribution in [2.45, 2.75) is 39.8 Å². The molecule has 0 aliphatic heterocycles. The molecule has 0 unspecified atom stereocenters. The second-order valence-corrected chi connectivity index (χ2v) is 7.06. The van der Waals surface area contributed by atoms with Gasteiger partial charge in [0.1, 0.15) is 5.41 Å². The third-order valence-corrected chi connectivity index (χ3v) is 5.01. The quantitative estimate of drug-likeness (QED) is 0.778. The van der Waals surface area contributed by atoms with Gasteiger partial charge in [0.25, 0.3) is 0 Å². The Balaban J connectivity index is 1.64. The molecule has 2 amide bonds. The van der Waals surface area contributed by atoms with Crippen molar-refractivity contribution in [2.24, 2.45) is 5.41 Å². The number of aryl methyl sites for hydroxylation is 1. The molecule has 0 radical (unpaired) electrons. The highest BCUT2D eigenvalue weighted by Gasteiger charge is 2.57. The lowest BCUT2D eigenvalue weighted by molar-refractivity contribution is -0.144. The summed E-state index contributed by atoms with van der Waals surface area (Å²) in [4.78, 5) is 27.6. The fourth-order valence-electron chi connectivity index (χ4n) is 3.27. The van der Waals surface area contributed by atoms with Gasteiger partial charge < -0.3 is 10.2 Å². The fourth-order valence-corrected chi connectivity index (χ4v) is 3.27. The van der Waals surface area contributed by atoms with E-state index in [2.05, 4.69) is 11.4 Å². The molecule has 2 aromatic rings. The summed E-state index contributed by atoms with van der Waals surface area (Å²) in [6.07, 6.45) is 1.27. The molecule has 26 heavy (non-hydrogen) atoms. The highest BCUT2D eigenvalue weighted by atomic mass is 16.2. The molecule has 0 heterocycles. The smallest absolute Gasteiger partial charge is 0.238 e. The van der Waals surface area contributed by atoms with Crippen molar-refractivity contribution in [2.75, 3.05) is 6.54 Å². The third-order valence-electron chi connectivity index (χ3n) is 5.01. The molecule has 1 saturated carbocycles. The normalized spacial score (nSPS) is 14.5. The van der Waals surface area contributed by atoms with Crippen LogP contribution < -0.4 is 5.32 Å². The summed E-state index contributed by atoms with van der Waals surface area (Å²) in [6.45, 7) is 5.59. The molecule has 3 rings (SSSR count). The predicted molar refractivity (Wildman–Crippen MR) is 102 cm³/mol. The maximum absolute atomic E-state index is 13.0. The van der Waals surface area contributed by atoms with Crippen molar-refractivity contribution >= 4 is 11.8 Å². The zero-order valence-corrected chi connectivity index (χ0v) is 15.5. The standard InChI is InChI=1S/C22H26N2O2/c1-3-24(16-18-9-5-4-6-10-18)21(26)22(12-13-22)20(25)23-15-19-11-7-8-17(2)14-19/h4-11,14H,3,12-13,15-16H2,1-2H3,(H,23,25).